The topological polar surface area (TPSA) is 111 Å². The molecule has 0 bridgehead atoms. The molecule has 0 saturated carbocycles. The summed E-state index contributed by atoms with van der Waals surface area (Å²) in [5.74, 6) is -0.434. The predicted octanol–water partition coefficient (Wildman–Crippen LogP) is 2.23. The lowest BCUT2D eigenvalue weighted by Crippen LogP contribution is -2.35. The van der Waals surface area contributed by atoms with Crippen LogP contribution in [0.3, 0.4) is 0 Å². The maximum atomic E-state index is 12.6. The van der Waals surface area contributed by atoms with Crippen LogP contribution in [-0.2, 0) is 17.7 Å². The largest absolute Gasteiger partial charge is 0.497 e. The van der Waals surface area contributed by atoms with Gasteiger partial charge in [0, 0.05) is 17.0 Å². The maximum Gasteiger partial charge on any atom is 0.409 e. The van der Waals surface area contributed by atoms with Crippen molar-refractivity contribution in [3.8, 4) is 5.75 Å². The highest BCUT2D eigenvalue weighted by atomic mass is 32.1. The first kappa shape index (κ1) is 18.7. The van der Waals surface area contributed by atoms with E-state index in [-0.39, 0.29) is 5.91 Å². The van der Waals surface area contributed by atoms with Crippen LogP contribution in [0.1, 0.15) is 31.2 Å². The van der Waals surface area contributed by atoms with Gasteiger partial charge >= 0.3 is 6.09 Å². The number of hydrogen-bond donors (Lipinski definition) is 2. The number of carbonyl (C=O) groups excluding carboxylic acids is 3. The zero-order valence-electron chi connectivity index (χ0n) is 14.9. The van der Waals surface area contributed by atoms with Crippen molar-refractivity contribution >= 4 is 34.2 Å². The Morgan fingerprint density at radius 1 is 1.26 bits per heavy atom. The Hall–Kier alpha value is -3.07. The Bertz CT molecular complexity index is 908. The summed E-state index contributed by atoms with van der Waals surface area (Å²) in [6.45, 7) is 0.724. The number of methoxy groups -OCH3 is 2. The normalized spacial score (nSPS) is 12.9. The molecule has 1 aliphatic heterocycles. The summed E-state index contributed by atoms with van der Waals surface area (Å²) >= 11 is 1.24. The highest BCUT2D eigenvalue weighted by molar-refractivity contribution is 7.17. The molecule has 0 fully saturated rings. The molecule has 0 spiro atoms. The molecule has 2 aromatic rings. The van der Waals surface area contributed by atoms with Gasteiger partial charge in [0.05, 0.1) is 26.3 Å². The molecule has 3 rings (SSSR count). The van der Waals surface area contributed by atoms with Crippen molar-refractivity contribution in [2.24, 2.45) is 5.73 Å². The zero-order chi connectivity index (χ0) is 19.6. The highest BCUT2D eigenvalue weighted by Gasteiger charge is 2.30. The monoisotopic (exact) mass is 389 g/mol. The number of ether oxygens (including phenoxy) is 2. The molecule has 3 N–H and O–H groups in total. The summed E-state index contributed by atoms with van der Waals surface area (Å²) in [5, 5.41) is 3.14. The van der Waals surface area contributed by atoms with E-state index in [1.54, 1.807) is 24.3 Å². The standard InChI is InChI=1S/C18H19N3O5S/c1-25-11-5-3-4-10(8-11)16(23)20-17-14(15(19)22)12-6-7-21(18(24)26-2)9-13(12)27-17/h3-5,8H,6-7,9H2,1-2H3,(H2,19,22)(H,20,23). The van der Waals surface area contributed by atoms with Crippen molar-refractivity contribution in [2.45, 2.75) is 13.0 Å². The minimum atomic E-state index is -0.611. The first-order valence-corrected chi connectivity index (χ1v) is 8.99. The quantitative estimate of drug-likeness (QED) is 0.833. The van der Waals surface area contributed by atoms with E-state index in [0.717, 1.165) is 10.4 Å². The van der Waals surface area contributed by atoms with Crippen LogP contribution in [0.25, 0.3) is 0 Å². The van der Waals surface area contributed by atoms with E-state index in [4.69, 9.17) is 15.2 Å². The summed E-state index contributed by atoms with van der Waals surface area (Å²) in [5.41, 5.74) is 7.02. The molecule has 142 valence electrons. The molecule has 3 amide bonds. The van der Waals surface area contributed by atoms with E-state index < -0.39 is 12.0 Å². The fourth-order valence-electron chi connectivity index (χ4n) is 2.98. The van der Waals surface area contributed by atoms with E-state index in [9.17, 15) is 14.4 Å². The number of carbonyl (C=O) groups is 3. The number of hydrogen-bond acceptors (Lipinski definition) is 6. The van der Waals surface area contributed by atoms with Gasteiger partial charge in [0.1, 0.15) is 10.8 Å². The number of nitrogens with one attached hydrogen (secondary N) is 1. The van der Waals surface area contributed by atoms with Gasteiger partial charge in [-0.25, -0.2) is 4.79 Å². The van der Waals surface area contributed by atoms with Crippen molar-refractivity contribution in [1.29, 1.82) is 0 Å². The van der Waals surface area contributed by atoms with Gasteiger partial charge in [0.2, 0.25) is 0 Å². The van der Waals surface area contributed by atoms with Crippen LogP contribution in [0.4, 0.5) is 9.80 Å². The molecule has 0 saturated heterocycles. The number of thiophene rings is 1. The van der Waals surface area contributed by atoms with Gasteiger partial charge in [-0.05, 0) is 30.2 Å². The van der Waals surface area contributed by atoms with Crippen molar-refractivity contribution in [3.05, 3.63) is 45.8 Å². The first-order chi connectivity index (χ1) is 12.9. The lowest BCUT2D eigenvalue weighted by molar-refractivity contribution is 0.0999. The number of primary amides is 1. The number of benzene rings is 1. The number of nitrogens with zero attached hydrogens (tertiary/aromatic N) is 1. The van der Waals surface area contributed by atoms with Crippen LogP contribution >= 0.6 is 11.3 Å². The molecule has 27 heavy (non-hydrogen) atoms. The lowest BCUT2D eigenvalue weighted by Gasteiger charge is -2.25. The average Bonchev–Trinajstić information content (AvgIpc) is 3.04. The fraction of sp³-hybridized carbons (Fsp3) is 0.278. The molecule has 0 unspecified atom stereocenters. The van der Waals surface area contributed by atoms with E-state index in [1.165, 1.54) is 30.5 Å². The number of fused-ring (bicyclic) bond motifs is 1. The average molecular weight is 389 g/mol. The number of rotatable bonds is 4. The van der Waals surface area contributed by atoms with Crippen molar-refractivity contribution in [2.75, 3.05) is 26.1 Å². The Labute approximate surface area is 159 Å². The Morgan fingerprint density at radius 3 is 2.70 bits per heavy atom. The molecule has 0 radical (unpaired) electrons. The molecule has 1 aromatic carbocycles. The van der Waals surface area contributed by atoms with Crippen LogP contribution in [0.2, 0.25) is 0 Å². The predicted molar refractivity (Wildman–Crippen MR) is 100 cm³/mol. The Kier molecular flexibility index (Phi) is 5.31. The number of amides is 3. The molecular formula is C18H19N3O5S. The highest BCUT2D eigenvalue weighted by Crippen LogP contribution is 2.37. The van der Waals surface area contributed by atoms with Gasteiger partial charge in [-0.1, -0.05) is 6.07 Å². The minimum absolute atomic E-state index is 0.302. The Morgan fingerprint density at radius 2 is 2.04 bits per heavy atom. The van der Waals surface area contributed by atoms with E-state index in [0.29, 0.717) is 41.4 Å². The third-order valence-corrected chi connectivity index (χ3v) is 5.43. The Balaban J connectivity index is 1.89. The molecule has 8 nitrogen and oxygen atoms in total. The molecule has 2 heterocycles. The van der Waals surface area contributed by atoms with Gasteiger partial charge in [0.15, 0.2) is 0 Å². The molecule has 0 atom stereocenters. The minimum Gasteiger partial charge on any atom is -0.497 e. The van der Waals surface area contributed by atoms with Gasteiger partial charge in [-0.2, -0.15) is 0 Å². The second-order valence-corrected chi connectivity index (χ2v) is 7.01. The van der Waals surface area contributed by atoms with Crippen molar-refractivity contribution < 1.29 is 23.9 Å². The summed E-state index contributed by atoms with van der Waals surface area (Å²) in [6.07, 6.45) is 0.0328. The van der Waals surface area contributed by atoms with Gasteiger partial charge in [0.25, 0.3) is 11.8 Å². The van der Waals surface area contributed by atoms with Crippen LogP contribution < -0.4 is 15.8 Å². The van der Waals surface area contributed by atoms with Gasteiger partial charge < -0.3 is 25.4 Å². The molecule has 9 heteroatoms. The van der Waals surface area contributed by atoms with Gasteiger partial charge in [-0.3, -0.25) is 9.59 Å². The summed E-state index contributed by atoms with van der Waals surface area (Å²) < 4.78 is 9.88. The molecule has 0 aliphatic carbocycles. The van der Waals surface area contributed by atoms with Crippen LogP contribution in [-0.4, -0.2) is 43.6 Å². The zero-order valence-corrected chi connectivity index (χ0v) is 15.7. The van der Waals surface area contributed by atoms with Crippen LogP contribution in [0.5, 0.6) is 5.75 Å². The summed E-state index contributed by atoms with van der Waals surface area (Å²) in [6, 6.07) is 6.69. The molecule has 1 aliphatic rings. The van der Waals surface area contributed by atoms with E-state index in [1.807, 2.05) is 0 Å². The van der Waals surface area contributed by atoms with Crippen molar-refractivity contribution in [1.82, 2.24) is 4.90 Å². The summed E-state index contributed by atoms with van der Waals surface area (Å²) in [7, 11) is 2.84. The molecule has 1 aromatic heterocycles. The number of anilines is 1. The smallest absolute Gasteiger partial charge is 0.409 e. The maximum absolute atomic E-state index is 12.6. The van der Waals surface area contributed by atoms with Crippen molar-refractivity contribution in [3.63, 3.8) is 0 Å². The lowest BCUT2D eigenvalue weighted by atomic mass is 10.0. The second-order valence-electron chi connectivity index (χ2n) is 5.90. The van der Waals surface area contributed by atoms with Crippen LogP contribution in [0, 0.1) is 0 Å². The number of nitrogens with two attached hydrogens (primary N) is 1. The SMILES string of the molecule is COC(=O)N1CCc2c(sc(NC(=O)c3cccc(OC)c3)c2C(N)=O)C1. The molecular weight excluding hydrogens is 370 g/mol. The second kappa shape index (κ2) is 7.67. The van der Waals surface area contributed by atoms with Gasteiger partial charge in [-0.15, -0.1) is 11.3 Å². The first-order valence-electron chi connectivity index (χ1n) is 8.17. The summed E-state index contributed by atoms with van der Waals surface area (Å²) in [4.78, 5) is 38.7. The fourth-order valence-corrected chi connectivity index (χ4v) is 4.24. The van der Waals surface area contributed by atoms with E-state index in [2.05, 4.69) is 5.32 Å². The third kappa shape index (κ3) is 3.72. The van der Waals surface area contributed by atoms with E-state index >= 15 is 0 Å². The third-order valence-electron chi connectivity index (χ3n) is 4.30. The van der Waals surface area contributed by atoms with Crippen LogP contribution in [0.15, 0.2) is 24.3 Å².